The van der Waals surface area contributed by atoms with Crippen molar-refractivity contribution in [3.05, 3.63) is 65.0 Å². The van der Waals surface area contributed by atoms with E-state index in [1.807, 2.05) is 42.5 Å². The zero-order valence-corrected chi connectivity index (χ0v) is 14.5. The van der Waals surface area contributed by atoms with Crippen LogP contribution < -0.4 is 15.8 Å². The van der Waals surface area contributed by atoms with Gasteiger partial charge in [-0.15, -0.1) is 10.2 Å². The van der Waals surface area contributed by atoms with Gasteiger partial charge in [0, 0.05) is 30.0 Å². The Kier molecular flexibility index (Phi) is 4.64. The second-order valence-corrected chi connectivity index (χ2v) is 6.44. The zero-order chi connectivity index (χ0) is 17.8. The highest BCUT2D eigenvalue weighted by atomic mass is 16.1. The Hall–Kier alpha value is -3.15. The van der Waals surface area contributed by atoms with Crippen molar-refractivity contribution in [3.8, 4) is 11.3 Å². The third-order valence-corrected chi connectivity index (χ3v) is 4.60. The van der Waals surface area contributed by atoms with Crippen molar-refractivity contribution in [2.45, 2.75) is 19.3 Å². The standard InChI is InChI=1S/C20H21N5O/c26-19-18(15-7-3-1-4-8-15)23-24-20(22-19)21-16-9-11-17(12-10-16)25-13-5-2-6-14-25/h1,3-4,7-12H,2,5-6,13-14H2,(H2,21,22,24,26). The molecule has 2 N–H and O–H groups in total. The summed E-state index contributed by atoms with van der Waals surface area (Å²) in [6, 6.07) is 17.5. The van der Waals surface area contributed by atoms with Crippen LogP contribution in [0.15, 0.2) is 59.4 Å². The molecule has 0 radical (unpaired) electrons. The first-order chi connectivity index (χ1) is 12.8. The molecule has 1 aromatic heterocycles. The minimum Gasteiger partial charge on any atom is -0.372 e. The fourth-order valence-corrected chi connectivity index (χ4v) is 3.22. The predicted octanol–water partition coefficient (Wildman–Crippen LogP) is 3.57. The molecule has 0 amide bonds. The van der Waals surface area contributed by atoms with Crippen LogP contribution in [-0.2, 0) is 0 Å². The van der Waals surface area contributed by atoms with Crippen LogP contribution in [-0.4, -0.2) is 28.3 Å². The molecule has 2 aromatic carbocycles. The van der Waals surface area contributed by atoms with Crippen LogP contribution in [0.4, 0.5) is 17.3 Å². The molecule has 132 valence electrons. The minimum atomic E-state index is -0.265. The lowest BCUT2D eigenvalue weighted by Gasteiger charge is -2.28. The molecule has 0 atom stereocenters. The number of aromatic nitrogens is 3. The Morgan fingerprint density at radius 3 is 2.31 bits per heavy atom. The van der Waals surface area contributed by atoms with Gasteiger partial charge in [0.05, 0.1) is 0 Å². The van der Waals surface area contributed by atoms with Crippen LogP contribution >= 0.6 is 0 Å². The van der Waals surface area contributed by atoms with Crippen LogP contribution in [0.25, 0.3) is 11.3 Å². The molecule has 6 nitrogen and oxygen atoms in total. The zero-order valence-electron chi connectivity index (χ0n) is 14.5. The molecule has 4 rings (SSSR count). The summed E-state index contributed by atoms with van der Waals surface area (Å²) >= 11 is 0. The number of rotatable bonds is 4. The summed E-state index contributed by atoms with van der Waals surface area (Å²) in [5.41, 5.74) is 2.89. The highest BCUT2D eigenvalue weighted by Gasteiger charge is 2.11. The van der Waals surface area contributed by atoms with E-state index in [9.17, 15) is 4.79 Å². The fourth-order valence-electron chi connectivity index (χ4n) is 3.22. The van der Waals surface area contributed by atoms with E-state index in [0.29, 0.717) is 11.6 Å². The maximum Gasteiger partial charge on any atom is 0.279 e. The van der Waals surface area contributed by atoms with E-state index in [2.05, 4.69) is 37.5 Å². The third-order valence-electron chi connectivity index (χ3n) is 4.60. The van der Waals surface area contributed by atoms with Gasteiger partial charge < -0.3 is 10.2 Å². The van der Waals surface area contributed by atoms with Gasteiger partial charge >= 0.3 is 0 Å². The van der Waals surface area contributed by atoms with Crippen molar-refractivity contribution in [2.24, 2.45) is 0 Å². The molecule has 6 heteroatoms. The Balaban J connectivity index is 1.49. The smallest absolute Gasteiger partial charge is 0.279 e. The van der Waals surface area contributed by atoms with E-state index < -0.39 is 0 Å². The van der Waals surface area contributed by atoms with Crippen LogP contribution in [0.3, 0.4) is 0 Å². The Labute approximate surface area is 151 Å². The van der Waals surface area contributed by atoms with Crippen molar-refractivity contribution in [1.29, 1.82) is 0 Å². The van der Waals surface area contributed by atoms with E-state index >= 15 is 0 Å². The first-order valence-corrected chi connectivity index (χ1v) is 8.94. The second-order valence-electron chi connectivity index (χ2n) is 6.44. The van der Waals surface area contributed by atoms with Gasteiger partial charge in [0.25, 0.3) is 5.56 Å². The maximum atomic E-state index is 12.3. The molecular weight excluding hydrogens is 326 g/mol. The first kappa shape index (κ1) is 16.3. The minimum absolute atomic E-state index is 0.265. The Morgan fingerprint density at radius 1 is 0.885 bits per heavy atom. The van der Waals surface area contributed by atoms with Crippen molar-refractivity contribution in [1.82, 2.24) is 15.2 Å². The van der Waals surface area contributed by atoms with Gasteiger partial charge in [0.2, 0.25) is 5.95 Å². The number of hydrogen-bond acceptors (Lipinski definition) is 5. The largest absolute Gasteiger partial charge is 0.372 e. The van der Waals surface area contributed by atoms with Crippen molar-refractivity contribution in [3.63, 3.8) is 0 Å². The Bertz CT molecular complexity index is 915. The van der Waals surface area contributed by atoms with Crippen LogP contribution in [0.2, 0.25) is 0 Å². The summed E-state index contributed by atoms with van der Waals surface area (Å²) in [6.45, 7) is 2.24. The summed E-state index contributed by atoms with van der Waals surface area (Å²) in [6.07, 6.45) is 3.83. The van der Waals surface area contributed by atoms with E-state index in [-0.39, 0.29) is 5.56 Å². The summed E-state index contributed by atoms with van der Waals surface area (Å²) in [7, 11) is 0. The fraction of sp³-hybridized carbons (Fsp3) is 0.250. The van der Waals surface area contributed by atoms with E-state index in [1.54, 1.807) is 0 Å². The molecule has 0 aliphatic carbocycles. The molecule has 0 bridgehead atoms. The second kappa shape index (κ2) is 7.39. The van der Waals surface area contributed by atoms with Crippen molar-refractivity contribution < 1.29 is 0 Å². The SMILES string of the molecule is O=c1[nH]c(Nc2ccc(N3CCCCC3)cc2)nnc1-c1ccccc1. The van der Waals surface area contributed by atoms with Crippen LogP contribution in [0, 0.1) is 0 Å². The number of aromatic amines is 1. The highest BCUT2D eigenvalue weighted by molar-refractivity contribution is 5.61. The number of nitrogens with zero attached hydrogens (tertiary/aromatic N) is 3. The summed E-state index contributed by atoms with van der Waals surface area (Å²) < 4.78 is 0. The van der Waals surface area contributed by atoms with Gasteiger partial charge in [-0.25, -0.2) is 0 Å². The number of anilines is 3. The quantitative estimate of drug-likeness (QED) is 0.755. The summed E-state index contributed by atoms with van der Waals surface area (Å²) in [5.74, 6) is 0.334. The topological polar surface area (TPSA) is 73.9 Å². The molecule has 3 aromatic rings. The molecule has 0 saturated carbocycles. The lowest BCUT2D eigenvalue weighted by Crippen LogP contribution is -2.29. The van der Waals surface area contributed by atoms with E-state index in [1.165, 1.54) is 24.9 Å². The molecule has 26 heavy (non-hydrogen) atoms. The van der Waals surface area contributed by atoms with Gasteiger partial charge in [0.15, 0.2) is 5.69 Å². The van der Waals surface area contributed by atoms with Gasteiger partial charge in [0.1, 0.15) is 0 Å². The summed E-state index contributed by atoms with van der Waals surface area (Å²) in [5, 5.41) is 11.3. The van der Waals surface area contributed by atoms with E-state index in [4.69, 9.17) is 0 Å². The molecule has 1 fully saturated rings. The average Bonchev–Trinajstić information content (AvgIpc) is 2.70. The molecule has 1 aliphatic heterocycles. The number of nitrogens with one attached hydrogen (secondary N) is 2. The van der Waals surface area contributed by atoms with E-state index in [0.717, 1.165) is 24.3 Å². The molecule has 1 saturated heterocycles. The summed E-state index contributed by atoms with van der Waals surface area (Å²) in [4.78, 5) is 17.4. The normalized spacial score (nSPS) is 14.2. The average molecular weight is 347 g/mol. The highest BCUT2D eigenvalue weighted by Crippen LogP contribution is 2.22. The lowest BCUT2D eigenvalue weighted by atomic mass is 10.1. The van der Waals surface area contributed by atoms with Gasteiger partial charge in [-0.2, -0.15) is 0 Å². The molecule has 0 unspecified atom stereocenters. The van der Waals surface area contributed by atoms with Crippen LogP contribution in [0.5, 0.6) is 0 Å². The first-order valence-electron chi connectivity index (χ1n) is 8.94. The number of H-pyrrole nitrogens is 1. The molecule has 0 spiro atoms. The monoisotopic (exact) mass is 347 g/mol. The van der Waals surface area contributed by atoms with Crippen molar-refractivity contribution >= 4 is 17.3 Å². The number of benzene rings is 2. The molecule has 1 aliphatic rings. The lowest BCUT2D eigenvalue weighted by molar-refractivity contribution is 0.578. The predicted molar refractivity (Wildman–Crippen MR) is 104 cm³/mol. The maximum absolute atomic E-state index is 12.3. The molecular formula is C20H21N5O. The Morgan fingerprint density at radius 2 is 1.62 bits per heavy atom. The van der Waals surface area contributed by atoms with Gasteiger partial charge in [-0.1, -0.05) is 30.3 Å². The number of hydrogen-bond donors (Lipinski definition) is 2. The molecule has 2 heterocycles. The van der Waals surface area contributed by atoms with Gasteiger partial charge in [-0.05, 0) is 43.5 Å². The van der Waals surface area contributed by atoms with Crippen molar-refractivity contribution in [2.75, 3.05) is 23.3 Å². The third kappa shape index (κ3) is 3.59. The van der Waals surface area contributed by atoms with Crippen LogP contribution in [0.1, 0.15) is 19.3 Å². The van der Waals surface area contributed by atoms with Gasteiger partial charge in [-0.3, -0.25) is 9.78 Å². The number of piperidine rings is 1.